The van der Waals surface area contributed by atoms with Crippen molar-refractivity contribution in [2.75, 3.05) is 27.3 Å². The lowest BCUT2D eigenvalue weighted by Gasteiger charge is -2.27. The third-order valence-electron chi connectivity index (χ3n) is 6.51. The molecule has 7 nitrogen and oxygen atoms in total. The number of aryl methyl sites for hydroxylation is 1. The van der Waals surface area contributed by atoms with E-state index in [1.807, 2.05) is 6.92 Å². The lowest BCUT2D eigenvalue weighted by atomic mass is 10.0. The molecule has 0 atom stereocenters. The van der Waals surface area contributed by atoms with Gasteiger partial charge in [-0.3, -0.25) is 14.2 Å². The summed E-state index contributed by atoms with van der Waals surface area (Å²) in [6, 6.07) is 8.19. The Morgan fingerprint density at radius 3 is 2.32 bits per heavy atom. The molecule has 176 valence electrons. The number of likely N-dealkylation sites (tertiary alicyclic amines) is 1. The highest BCUT2D eigenvalue weighted by Gasteiger charge is 2.25. The van der Waals surface area contributed by atoms with E-state index in [1.54, 1.807) is 35.2 Å². The van der Waals surface area contributed by atoms with Gasteiger partial charge in [-0.05, 0) is 56.5 Å². The Hall–Kier alpha value is -3.81. The van der Waals surface area contributed by atoms with E-state index in [1.165, 1.54) is 25.0 Å². The summed E-state index contributed by atoms with van der Waals surface area (Å²) in [5.74, 6) is 0.0541. The van der Waals surface area contributed by atoms with Crippen molar-refractivity contribution in [2.24, 2.45) is 0 Å². The zero-order valence-corrected chi connectivity index (χ0v) is 19.4. The van der Waals surface area contributed by atoms with Gasteiger partial charge >= 0.3 is 0 Å². The molecule has 0 radical (unpaired) electrons. The molecule has 0 aliphatic carbocycles. The normalized spacial score (nSPS) is 14.1. The predicted octanol–water partition coefficient (Wildman–Crippen LogP) is 4.56. The zero-order valence-electron chi connectivity index (χ0n) is 19.4. The first-order valence-corrected chi connectivity index (χ1v) is 11.3. The van der Waals surface area contributed by atoms with Crippen LogP contribution in [0, 0.1) is 12.7 Å². The van der Waals surface area contributed by atoms with Gasteiger partial charge in [-0.1, -0.05) is 0 Å². The maximum Gasteiger partial charge on any atom is 0.263 e. The number of nitrogens with one attached hydrogen (secondary N) is 1. The van der Waals surface area contributed by atoms with E-state index in [0.29, 0.717) is 46.4 Å². The van der Waals surface area contributed by atoms with Crippen molar-refractivity contribution >= 4 is 27.6 Å². The average Bonchev–Trinajstić information content (AvgIpc) is 3.25. The molecule has 2 aromatic carbocycles. The number of H-pyrrole nitrogens is 1. The summed E-state index contributed by atoms with van der Waals surface area (Å²) in [4.78, 5) is 32.1. The molecule has 3 heterocycles. The number of benzene rings is 2. The van der Waals surface area contributed by atoms with Crippen molar-refractivity contribution in [1.82, 2.24) is 14.5 Å². The quantitative estimate of drug-likeness (QED) is 0.481. The number of carbonyl (C=O) groups is 1. The SMILES string of the molecule is COc1cc2c(C(=O)N3CCCCC3)cn(-c3ccc4[nH]c(C)cc4c3F)c(=O)c2cc1OC. The van der Waals surface area contributed by atoms with Crippen molar-refractivity contribution in [3.63, 3.8) is 0 Å². The number of aromatic amines is 1. The molecule has 1 aliphatic rings. The Morgan fingerprint density at radius 2 is 1.65 bits per heavy atom. The van der Waals surface area contributed by atoms with Crippen LogP contribution in [0.4, 0.5) is 4.39 Å². The van der Waals surface area contributed by atoms with Crippen LogP contribution in [-0.2, 0) is 0 Å². The van der Waals surface area contributed by atoms with Crippen LogP contribution in [0.3, 0.4) is 0 Å². The molecule has 0 unspecified atom stereocenters. The summed E-state index contributed by atoms with van der Waals surface area (Å²) in [6.45, 7) is 3.14. The first-order valence-electron chi connectivity index (χ1n) is 11.3. The van der Waals surface area contributed by atoms with E-state index in [-0.39, 0.29) is 17.0 Å². The van der Waals surface area contributed by atoms with E-state index < -0.39 is 11.4 Å². The molecule has 8 heteroatoms. The van der Waals surface area contributed by atoms with Crippen LogP contribution in [0.1, 0.15) is 35.3 Å². The molecular weight excluding hydrogens is 437 g/mol. The predicted molar refractivity (Wildman–Crippen MR) is 129 cm³/mol. The van der Waals surface area contributed by atoms with Crippen LogP contribution in [0.15, 0.2) is 41.3 Å². The molecule has 2 aromatic heterocycles. The highest BCUT2D eigenvalue weighted by molar-refractivity contribution is 6.07. The molecule has 0 saturated carbocycles. The summed E-state index contributed by atoms with van der Waals surface area (Å²) in [5.41, 5.74) is 1.41. The number of aromatic nitrogens is 2. The smallest absolute Gasteiger partial charge is 0.263 e. The Morgan fingerprint density at radius 1 is 0.971 bits per heavy atom. The number of ether oxygens (including phenoxy) is 2. The van der Waals surface area contributed by atoms with Gasteiger partial charge in [-0.2, -0.15) is 0 Å². The third kappa shape index (κ3) is 3.50. The van der Waals surface area contributed by atoms with Gasteiger partial charge in [0.15, 0.2) is 17.3 Å². The minimum atomic E-state index is -0.528. The van der Waals surface area contributed by atoms with E-state index >= 15 is 4.39 Å². The van der Waals surface area contributed by atoms with Gasteiger partial charge < -0.3 is 19.4 Å². The number of hydrogen-bond donors (Lipinski definition) is 1. The van der Waals surface area contributed by atoms with Crippen LogP contribution < -0.4 is 15.0 Å². The number of amides is 1. The second-order valence-electron chi connectivity index (χ2n) is 8.64. The number of carbonyl (C=O) groups excluding carboxylic acids is 1. The van der Waals surface area contributed by atoms with Crippen LogP contribution in [-0.4, -0.2) is 47.7 Å². The van der Waals surface area contributed by atoms with Gasteiger partial charge in [0.05, 0.1) is 30.9 Å². The second kappa shape index (κ2) is 8.52. The standard InChI is InChI=1S/C26H26FN3O4/c1-15-11-18-20(28-15)7-8-21(24(18)27)30-14-19(25(31)29-9-5-4-6-10-29)16-12-22(33-2)23(34-3)13-17(16)26(30)32/h7-8,11-14,28H,4-6,9-10H2,1-3H3. The van der Waals surface area contributed by atoms with Crippen molar-refractivity contribution in [3.8, 4) is 17.2 Å². The number of rotatable bonds is 4. The summed E-state index contributed by atoms with van der Waals surface area (Å²) in [7, 11) is 2.98. The number of halogens is 1. The van der Waals surface area contributed by atoms with Crippen molar-refractivity contribution in [2.45, 2.75) is 26.2 Å². The molecular formula is C26H26FN3O4. The molecule has 0 spiro atoms. The van der Waals surface area contributed by atoms with E-state index in [0.717, 1.165) is 25.0 Å². The lowest BCUT2D eigenvalue weighted by Crippen LogP contribution is -2.36. The maximum absolute atomic E-state index is 15.6. The van der Waals surface area contributed by atoms with Crippen molar-refractivity contribution in [3.05, 3.63) is 64.0 Å². The molecule has 0 bridgehead atoms. The summed E-state index contributed by atoms with van der Waals surface area (Å²) >= 11 is 0. The van der Waals surface area contributed by atoms with Crippen LogP contribution >= 0.6 is 0 Å². The van der Waals surface area contributed by atoms with Crippen molar-refractivity contribution < 1.29 is 18.7 Å². The molecule has 1 aliphatic heterocycles. The highest BCUT2D eigenvalue weighted by atomic mass is 19.1. The number of hydrogen-bond acceptors (Lipinski definition) is 4. The van der Waals surface area contributed by atoms with Crippen LogP contribution in [0.2, 0.25) is 0 Å². The Labute approximate surface area is 195 Å². The molecule has 5 rings (SSSR count). The van der Waals surface area contributed by atoms with Gasteiger partial charge in [0.1, 0.15) is 0 Å². The highest BCUT2D eigenvalue weighted by Crippen LogP contribution is 2.34. The third-order valence-corrected chi connectivity index (χ3v) is 6.51. The van der Waals surface area contributed by atoms with Crippen molar-refractivity contribution in [1.29, 1.82) is 0 Å². The maximum atomic E-state index is 15.6. The number of nitrogens with zero attached hydrogens (tertiary/aromatic N) is 2. The second-order valence-corrected chi connectivity index (χ2v) is 8.64. The average molecular weight is 464 g/mol. The molecule has 1 N–H and O–H groups in total. The first-order chi connectivity index (χ1) is 16.4. The summed E-state index contributed by atoms with van der Waals surface area (Å²) in [6.07, 6.45) is 4.39. The van der Waals surface area contributed by atoms with Crippen LogP contribution in [0.25, 0.3) is 27.4 Å². The molecule has 1 amide bonds. The number of methoxy groups -OCH3 is 2. The minimum absolute atomic E-state index is 0.0841. The molecule has 1 fully saturated rings. The Bertz CT molecular complexity index is 1480. The number of fused-ring (bicyclic) bond motifs is 2. The fourth-order valence-electron chi connectivity index (χ4n) is 4.77. The molecule has 4 aromatic rings. The monoisotopic (exact) mass is 463 g/mol. The largest absolute Gasteiger partial charge is 0.493 e. The fourth-order valence-corrected chi connectivity index (χ4v) is 4.77. The van der Waals surface area contributed by atoms with Gasteiger partial charge in [0, 0.05) is 41.3 Å². The van der Waals surface area contributed by atoms with E-state index in [2.05, 4.69) is 4.98 Å². The number of piperidine rings is 1. The first kappa shape index (κ1) is 22.0. The fraction of sp³-hybridized carbons (Fsp3) is 0.308. The molecule has 1 saturated heterocycles. The zero-order chi connectivity index (χ0) is 24.0. The lowest BCUT2D eigenvalue weighted by molar-refractivity contribution is 0.0725. The van der Waals surface area contributed by atoms with E-state index in [9.17, 15) is 9.59 Å². The van der Waals surface area contributed by atoms with Crippen LogP contribution in [0.5, 0.6) is 11.5 Å². The Kier molecular flexibility index (Phi) is 5.51. The molecule has 34 heavy (non-hydrogen) atoms. The summed E-state index contributed by atoms with van der Waals surface area (Å²) in [5, 5.41) is 1.09. The van der Waals surface area contributed by atoms with Gasteiger partial charge in [-0.25, -0.2) is 4.39 Å². The van der Waals surface area contributed by atoms with E-state index in [4.69, 9.17) is 9.47 Å². The number of pyridine rings is 1. The summed E-state index contributed by atoms with van der Waals surface area (Å²) < 4.78 is 27.6. The van der Waals surface area contributed by atoms with Gasteiger partial charge in [0.25, 0.3) is 11.5 Å². The van der Waals surface area contributed by atoms with Gasteiger partial charge in [0.2, 0.25) is 0 Å². The Balaban J connectivity index is 1.81. The minimum Gasteiger partial charge on any atom is -0.493 e. The van der Waals surface area contributed by atoms with Gasteiger partial charge in [-0.15, -0.1) is 0 Å². The topological polar surface area (TPSA) is 76.6 Å².